The normalized spacial score (nSPS) is 11.5. The van der Waals surface area contributed by atoms with Crippen molar-refractivity contribution in [3.05, 3.63) is 140 Å². The zero-order valence-corrected chi connectivity index (χ0v) is 21.6. The second kappa shape index (κ2) is 9.11. The molecule has 0 saturated carbocycles. The Morgan fingerprint density at radius 2 is 1.05 bits per heavy atom. The number of fused-ring (bicyclic) bond motifs is 3. The van der Waals surface area contributed by atoms with Crippen LogP contribution in [0.2, 0.25) is 0 Å². The lowest BCUT2D eigenvalue weighted by atomic mass is 9.95. The van der Waals surface area contributed by atoms with Gasteiger partial charge in [-0.15, -0.1) is 0 Å². The SMILES string of the molecule is c1ccc(-c2cc(-c3ccccn3)nc(-c3ccc(-c4ccc5c6c(cccc46)-c4ccccc4-5)cn3)c2)cc1. The average Bonchev–Trinajstić information content (AvgIpc) is 3.37. The summed E-state index contributed by atoms with van der Waals surface area (Å²) in [5, 5.41) is 2.57. The average molecular weight is 510 g/mol. The number of aromatic nitrogens is 3. The first kappa shape index (κ1) is 22.6. The van der Waals surface area contributed by atoms with Crippen LogP contribution < -0.4 is 0 Å². The van der Waals surface area contributed by atoms with Gasteiger partial charge in [0.05, 0.1) is 22.8 Å². The van der Waals surface area contributed by atoms with Crippen molar-refractivity contribution in [1.82, 2.24) is 15.0 Å². The smallest absolute Gasteiger partial charge is 0.0900 e. The van der Waals surface area contributed by atoms with Crippen LogP contribution in [0.1, 0.15) is 0 Å². The summed E-state index contributed by atoms with van der Waals surface area (Å²) in [6, 6.07) is 44.5. The van der Waals surface area contributed by atoms with E-state index in [0.717, 1.165) is 39.5 Å². The first-order chi connectivity index (χ1) is 19.8. The molecule has 186 valence electrons. The second-order valence-electron chi connectivity index (χ2n) is 10.1. The molecule has 0 radical (unpaired) electrons. The Bertz CT molecular complexity index is 1940. The fraction of sp³-hybridized carbons (Fsp3) is 0. The van der Waals surface area contributed by atoms with E-state index in [4.69, 9.17) is 9.97 Å². The van der Waals surface area contributed by atoms with Crippen molar-refractivity contribution in [1.29, 1.82) is 0 Å². The lowest BCUT2D eigenvalue weighted by Crippen LogP contribution is -1.94. The fourth-order valence-electron chi connectivity index (χ4n) is 5.87. The van der Waals surface area contributed by atoms with Gasteiger partial charge in [0.1, 0.15) is 0 Å². The molecule has 3 heterocycles. The maximum Gasteiger partial charge on any atom is 0.0900 e. The molecule has 3 heteroatoms. The van der Waals surface area contributed by atoms with E-state index >= 15 is 0 Å². The van der Waals surface area contributed by atoms with Crippen molar-refractivity contribution in [2.24, 2.45) is 0 Å². The van der Waals surface area contributed by atoms with E-state index in [2.05, 4.69) is 108 Å². The summed E-state index contributed by atoms with van der Waals surface area (Å²) in [4.78, 5) is 14.5. The minimum Gasteiger partial charge on any atom is -0.255 e. The van der Waals surface area contributed by atoms with Crippen LogP contribution in [0.3, 0.4) is 0 Å². The van der Waals surface area contributed by atoms with Gasteiger partial charge < -0.3 is 0 Å². The van der Waals surface area contributed by atoms with Crippen LogP contribution in [0.25, 0.3) is 78.1 Å². The predicted octanol–water partition coefficient (Wildman–Crippen LogP) is 9.34. The zero-order valence-electron chi connectivity index (χ0n) is 21.6. The molecule has 0 unspecified atom stereocenters. The van der Waals surface area contributed by atoms with E-state index < -0.39 is 0 Å². The van der Waals surface area contributed by atoms with E-state index in [1.165, 1.54) is 38.6 Å². The summed E-state index contributed by atoms with van der Waals surface area (Å²) in [5.74, 6) is 0. The molecule has 3 aromatic heterocycles. The van der Waals surface area contributed by atoms with Crippen LogP contribution in [0.5, 0.6) is 0 Å². The van der Waals surface area contributed by atoms with E-state index in [1.54, 1.807) is 6.20 Å². The van der Waals surface area contributed by atoms with Gasteiger partial charge >= 0.3 is 0 Å². The number of rotatable bonds is 4. The lowest BCUT2D eigenvalue weighted by Gasteiger charge is -2.11. The molecule has 3 nitrogen and oxygen atoms in total. The first-order valence-electron chi connectivity index (χ1n) is 13.4. The largest absolute Gasteiger partial charge is 0.255 e. The standard InChI is InChI=1S/C37H23N3/c1-2-9-24(10-3-1)26-21-35(33-15-6-7-20-38-33)40-36(22-26)34-19-16-25(23-39-34)27-17-18-32-29-12-5-4-11-28(29)31-14-8-13-30(27)37(31)32/h1-23H. The molecule has 0 aliphatic heterocycles. The molecular formula is C37H23N3. The topological polar surface area (TPSA) is 38.7 Å². The number of benzene rings is 4. The fourth-order valence-corrected chi connectivity index (χ4v) is 5.87. The summed E-state index contributed by atoms with van der Waals surface area (Å²) in [5.41, 5.74) is 13.0. The van der Waals surface area contributed by atoms with Gasteiger partial charge in [0.2, 0.25) is 0 Å². The molecule has 40 heavy (non-hydrogen) atoms. The van der Waals surface area contributed by atoms with Crippen LogP contribution in [-0.4, -0.2) is 15.0 Å². The minimum absolute atomic E-state index is 0.824. The van der Waals surface area contributed by atoms with Crippen molar-refractivity contribution in [3.63, 3.8) is 0 Å². The van der Waals surface area contributed by atoms with Crippen LogP contribution in [-0.2, 0) is 0 Å². The van der Waals surface area contributed by atoms with E-state index in [9.17, 15) is 0 Å². The van der Waals surface area contributed by atoms with Crippen molar-refractivity contribution in [3.8, 4) is 67.3 Å². The number of hydrogen-bond acceptors (Lipinski definition) is 3. The summed E-state index contributed by atoms with van der Waals surface area (Å²) < 4.78 is 0. The zero-order chi connectivity index (χ0) is 26.5. The molecular weight excluding hydrogens is 486 g/mol. The predicted molar refractivity (Wildman–Crippen MR) is 164 cm³/mol. The third kappa shape index (κ3) is 3.63. The molecule has 7 aromatic rings. The van der Waals surface area contributed by atoms with Gasteiger partial charge in [-0.05, 0) is 80.0 Å². The summed E-state index contributed by atoms with van der Waals surface area (Å²) in [7, 11) is 0. The Morgan fingerprint density at radius 1 is 0.375 bits per heavy atom. The maximum atomic E-state index is 4.98. The Kier molecular flexibility index (Phi) is 5.14. The highest BCUT2D eigenvalue weighted by Gasteiger charge is 2.22. The molecule has 0 N–H and O–H groups in total. The molecule has 0 fully saturated rings. The third-order valence-corrected chi connectivity index (χ3v) is 7.74. The summed E-state index contributed by atoms with van der Waals surface area (Å²) >= 11 is 0. The monoisotopic (exact) mass is 509 g/mol. The molecule has 8 rings (SSSR count). The minimum atomic E-state index is 0.824. The van der Waals surface area contributed by atoms with E-state index in [0.29, 0.717) is 0 Å². The van der Waals surface area contributed by atoms with Crippen LogP contribution in [0.4, 0.5) is 0 Å². The molecule has 0 bridgehead atoms. The molecule has 0 amide bonds. The third-order valence-electron chi connectivity index (χ3n) is 7.74. The van der Waals surface area contributed by atoms with Gasteiger partial charge in [-0.3, -0.25) is 9.97 Å². The molecule has 0 atom stereocenters. The van der Waals surface area contributed by atoms with Gasteiger partial charge in [0, 0.05) is 18.0 Å². The van der Waals surface area contributed by atoms with E-state index in [1.807, 2.05) is 30.5 Å². The number of hydrogen-bond donors (Lipinski definition) is 0. The van der Waals surface area contributed by atoms with Crippen LogP contribution in [0, 0.1) is 0 Å². The van der Waals surface area contributed by atoms with Crippen LogP contribution >= 0.6 is 0 Å². The molecule has 0 spiro atoms. The Balaban J connectivity index is 1.23. The molecule has 4 aromatic carbocycles. The van der Waals surface area contributed by atoms with E-state index in [-0.39, 0.29) is 0 Å². The maximum absolute atomic E-state index is 4.98. The highest BCUT2D eigenvalue weighted by Crippen LogP contribution is 2.49. The van der Waals surface area contributed by atoms with Gasteiger partial charge in [-0.2, -0.15) is 0 Å². The summed E-state index contributed by atoms with van der Waals surface area (Å²) in [6.07, 6.45) is 3.77. The van der Waals surface area contributed by atoms with Gasteiger partial charge in [0.25, 0.3) is 0 Å². The Morgan fingerprint density at radius 3 is 1.77 bits per heavy atom. The van der Waals surface area contributed by atoms with Gasteiger partial charge in [0.15, 0.2) is 0 Å². The number of nitrogens with zero attached hydrogens (tertiary/aromatic N) is 3. The highest BCUT2D eigenvalue weighted by molar-refractivity contribution is 6.18. The highest BCUT2D eigenvalue weighted by atomic mass is 14.8. The molecule has 1 aliphatic carbocycles. The van der Waals surface area contributed by atoms with Crippen molar-refractivity contribution in [2.45, 2.75) is 0 Å². The molecule has 1 aliphatic rings. The lowest BCUT2D eigenvalue weighted by molar-refractivity contribution is 1.22. The first-order valence-corrected chi connectivity index (χ1v) is 13.4. The quantitative estimate of drug-likeness (QED) is 0.237. The second-order valence-corrected chi connectivity index (χ2v) is 10.1. The summed E-state index contributed by atoms with van der Waals surface area (Å²) in [6.45, 7) is 0. The number of pyridine rings is 3. The van der Waals surface area contributed by atoms with Crippen molar-refractivity contribution in [2.75, 3.05) is 0 Å². The van der Waals surface area contributed by atoms with Gasteiger partial charge in [-0.25, -0.2) is 4.98 Å². The van der Waals surface area contributed by atoms with Crippen molar-refractivity contribution < 1.29 is 0 Å². The van der Waals surface area contributed by atoms with Crippen LogP contribution in [0.15, 0.2) is 140 Å². The van der Waals surface area contributed by atoms with Crippen molar-refractivity contribution >= 4 is 10.8 Å². The molecule has 0 saturated heterocycles. The van der Waals surface area contributed by atoms with Gasteiger partial charge in [-0.1, -0.05) is 97.1 Å². The Hall–Kier alpha value is -5.41. The Labute approximate surface area is 232 Å².